The molecule has 2 aromatic rings. The Hall–Kier alpha value is -1.94. The maximum Gasteiger partial charge on any atom is 0.269 e. The molecule has 0 atom stereocenters. The third kappa shape index (κ3) is 2.42. The van der Waals surface area contributed by atoms with E-state index in [1.807, 2.05) is 12.1 Å². The number of pyridine rings is 1. The van der Waals surface area contributed by atoms with E-state index in [-0.39, 0.29) is 5.91 Å². The van der Waals surface area contributed by atoms with Crippen molar-refractivity contribution in [3.8, 4) is 0 Å². The van der Waals surface area contributed by atoms with E-state index in [4.69, 9.17) is 5.73 Å². The minimum atomic E-state index is -0.169. The summed E-state index contributed by atoms with van der Waals surface area (Å²) in [4.78, 5) is 15.6. The standard InChI is InChI=1S/C13H15N3O/c1-15-13(17)12-7-10-3-2-9(4-5-14)6-11(10)8-16-12/h2-3,6-8H,4-5,14H2,1H3,(H,15,17). The summed E-state index contributed by atoms with van der Waals surface area (Å²) in [6.45, 7) is 0.634. The zero-order valence-electron chi connectivity index (χ0n) is 9.73. The molecule has 0 saturated heterocycles. The lowest BCUT2D eigenvalue weighted by Crippen LogP contribution is -2.18. The molecule has 0 saturated carbocycles. The summed E-state index contributed by atoms with van der Waals surface area (Å²) in [7, 11) is 1.60. The van der Waals surface area contributed by atoms with Gasteiger partial charge in [-0.2, -0.15) is 0 Å². The van der Waals surface area contributed by atoms with E-state index in [9.17, 15) is 4.79 Å². The third-order valence-corrected chi connectivity index (χ3v) is 2.68. The first-order chi connectivity index (χ1) is 8.24. The minimum Gasteiger partial charge on any atom is -0.354 e. The molecular formula is C13H15N3O. The highest BCUT2D eigenvalue weighted by molar-refractivity contribution is 5.96. The van der Waals surface area contributed by atoms with Crippen LogP contribution >= 0.6 is 0 Å². The number of nitrogens with two attached hydrogens (primary N) is 1. The molecule has 1 aromatic heterocycles. The van der Waals surface area contributed by atoms with Crippen molar-refractivity contribution < 1.29 is 4.79 Å². The first kappa shape index (κ1) is 11.5. The molecule has 0 aliphatic heterocycles. The van der Waals surface area contributed by atoms with E-state index >= 15 is 0 Å². The quantitative estimate of drug-likeness (QED) is 0.828. The second-order valence-corrected chi connectivity index (χ2v) is 3.87. The maximum absolute atomic E-state index is 11.4. The lowest BCUT2D eigenvalue weighted by atomic mass is 10.1. The highest BCUT2D eigenvalue weighted by Gasteiger charge is 2.05. The van der Waals surface area contributed by atoms with E-state index in [0.717, 1.165) is 17.2 Å². The molecule has 88 valence electrons. The van der Waals surface area contributed by atoms with Crippen LogP contribution in [-0.4, -0.2) is 24.5 Å². The molecule has 17 heavy (non-hydrogen) atoms. The van der Waals surface area contributed by atoms with Crippen LogP contribution in [0.15, 0.2) is 30.5 Å². The SMILES string of the molecule is CNC(=O)c1cc2ccc(CCN)cc2cn1. The van der Waals surface area contributed by atoms with Crippen molar-refractivity contribution in [2.45, 2.75) is 6.42 Å². The number of fused-ring (bicyclic) bond motifs is 1. The molecule has 0 aliphatic rings. The molecule has 2 rings (SSSR count). The molecule has 0 unspecified atom stereocenters. The Bertz CT molecular complexity index is 551. The smallest absolute Gasteiger partial charge is 0.269 e. The molecule has 3 N–H and O–H groups in total. The molecule has 0 bridgehead atoms. The van der Waals surface area contributed by atoms with Crippen molar-refractivity contribution in [3.05, 3.63) is 41.7 Å². The summed E-state index contributed by atoms with van der Waals surface area (Å²) in [5.41, 5.74) is 7.14. The van der Waals surface area contributed by atoms with Crippen LogP contribution in [0.4, 0.5) is 0 Å². The predicted octanol–water partition coefficient (Wildman–Crippen LogP) is 1.10. The fourth-order valence-corrected chi connectivity index (χ4v) is 1.77. The average Bonchev–Trinajstić information content (AvgIpc) is 2.37. The van der Waals surface area contributed by atoms with Gasteiger partial charge in [-0.25, -0.2) is 0 Å². The van der Waals surface area contributed by atoms with E-state index in [1.54, 1.807) is 19.3 Å². The van der Waals surface area contributed by atoms with Gasteiger partial charge in [0, 0.05) is 18.6 Å². The Labute approximate surface area is 99.8 Å². The third-order valence-electron chi connectivity index (χ3n) is 2.68. The molecule has 4 nitrogen and oxygen atoms in total. The zero-order valence-corrected chi connectivity index (χ0v) is 9.73. The largest absolute Gasteiger partial charge is 0.354 e. The number of hydrogen-bond acceptors (Lipinski definition) is 3. The fourth-order valence-electron chi connectivity index (χ4n) is 1.77. The Kier molecular flexibility index (Phi) is 3.35. The normalized spacial score (nSPS) is 10.5. The van der Waals surface area contributed by atoms with E-state index in [0.29, 0.717) is 12.2 Å². The van der Waals surface area contributed by atoms with Crippen molar-refractivity contribution in [3.63, 3.8) is 0 Å². The predicted molar refractivity (Wildman–Crippen MR) is 67.9 cm³/mol. The van der Waals surface area contributed by atoms with Gasteiger partial charge < -0.3 is 11.1 Å². The average molecular weight is 229 g/mol. The molecule has 1 aromatic carbocycles. The molecule has 1 amide bonds. The fraction of sp³-hybridized carbons (Fsp3) is 0.231. The first-order valence-corrected chi connectivity index (χ1v) is 5.55. The van der Waals surface area contributed by atoms with Crippen LogP contribution in [0.2, 0.25) is 0 Å². The van der Waals surface area contributed by atoms with Crippen LogP contribution in [0, 0.1) is 0 Å². The number of nitrogens with one attached hydrogen (secondary N) is 1. The molecule has 0 radical (unpaired) electrons. The van der Waals surface area contributed by atoms with Crippen molar-refractivity contribution >= 4 is 16.7 Å². The summed E-state index contributed by atoms with van der Waals surface area (Å²) in [6.07, 6.45) is 2.58. The van der Waals surface area contributed by atoms with E-state index < -0.39 is 0 Å². The lowest BCUT2D eigenvalue weighted by Gasteiger charge is -2.04. The molecule has 1 heterocycles. The van der Waals surface area contributed by atoms with Gasteiger partial charge in [0.2, 0.25) is 0 Å². The summed E-state index contributed by atoms with van der Waals surface area (Å²) >= 11 is 0. The number of aromatic nitrogens is 1. The van der Waals surface area contributed by atoms with Crippen molar-refractivity contribution in [2.24, 2.45) is 5.73 Å². The van der Waals surface area contributed by atoms with Crippen molar-refractivity contribution in [1.29, 1.82) is 0 Å². The van der Waals surface area contributed by atoms with E-state index in [1.165, 1.54) is 5.56 Å². The van der Waals surface area contributed by atoms with Gasteiger partial charge in [-0.1, -0.05) is 12.1 Å². The second-order valence-electron chi connectivity index (χ2n) is 3.87. The lowest BCUT2D eigenvalue weighted by molar-refractivity contribution is 0.0958. The second kappa shape index (κ2) is 4.93. The topological polar surface area (TPSA) is 68.0 Å². The Morgan fingerprint density at radius 3 is 2.88 bits per heavy atom. The van der Waals surface area contributed by atoms with Gasteiger partial charge >= 0.3 is 0 Å². The van der Waals surface area contributed by atoms with Crippen molar-refractivity contribution in [2.75, 3.05) is 13.6 Å². The first-order valence-electron chi connectivity index (χ1n) is 5.55. The van der Waals surface area contributed by atoms with Gasteiger partial charge in [-0.3, -0.25) is 9.78 Å². The van der Waals surface area contributed by atoms with Gasteiger partial charge in [0.15, 0.2) is 0 Å². The molecular weight excluding hydrogens is 214 g/mol. The van der Waals surface area contributed by atoms with Gasteiger partial charge in [-0.15, -0.1) is 0 Å². The number of hydrogen-bond donors (Lipinski definition) is 2. The van der Waals surface area contributed by atoms with Crippen LogP contribution in [0.1, 0.15) is 16.1 Å². The number of nitrogens with zero attached hydrogens (tertiary/aromatic N) is 1. The number of amides is 1. The van der Waals surface area contributed by atoms with Gasteiger partial charge in [0.25, 0.3) is 5.91 Å². The monoisotopic (exact) mass is 229 g/mol. The molecule has 0 aliphatic carbocycles. The summed E-state index contributed by atoms with van der Waals surface area (Å²) in [5, 5.41) is 4.60. The number of carbonyl (C=O) groups is 1. The number of rotatable bonds is 3. The number of benzene rings is 1. The molecule has 0 fully saturated rings. The summed E-state index contributed by atoms with van der Waals surface area (Å²) in [6, 6.07) is 7.88. The van der Waals surface area contributed by atoms with Gasteiger partial charge in [0.1, 0.15) is 5.69 Å². The molecule has 0 spiro atoms. The summed E-state index contributed by atoms with van der Waals surface area (Å²) in [5.74, 6) is -0.169. The summed E-state index contributed by atoms with van der Waals surface area (Å²) < 4.78 is 0. The van der Waals surface area contributed by atoms with Crippen molar-refractivity contribution in [1.82, 2.24) is 10.3 Å². The maximum atomic E-state index is 11.4. The highest BCUT2D eigenvalue weighted by atomic mass is 16.1. The van der Waals surface area contributed by atoms with E-state index in [2.05, 4.69) is 16.4 Å². The Morgan fingerprint density at radius 2 is 2.18 bits per heavy atom. The van der Waals surface area contributed by atoms with Crippen LogP contribution in [0.5, 0.6) is 0 Å². The van der Waals surface area contributed by atoms with Crippen LogP contribution < -0.4 is 11.1 Å². The minimum absolute atomic E-state index is 0.169. The van der Waals surface area contributed by atoms with Crippen LogP contribution in [-0.2, 0) is 6.42 Å². The molecule has 4 heteroatoms. The van der Waals surface area contributed by atoms with Crippen LogP contribution in [0.25, 0.3) is 10.8 Å². The highest BCUT2D eigenvalue weighted by Crippen LogP contribution is 2.16. The van der Waals surface area contributed by atoms with Gasteiger partial charge in [0.05, 0.1) is 0 Å². The van der Waals surface area contributed by atoms with Crippen LogP contribution in [0.3, 0.4) is 0 Å². The Morgan fingerprint density at radius 1 is 1.35 bits per heavy atom. The van der Waals surface area contributed by atoms with Gasteiger partial charge in [-0.05, 0) is 36.0 Å². The zero-order chi connectivity index (χ0) is 12.3. The number of carbonyl (C=O) groups excluding carboxylic acids is 1. The Balaban J connectivity index is 2.43.